The fourth-order valence-electron chi connectivity index (χ4n) is 1.54. The molecule has 4 nitrogen and oxygen atoms in total. The summed E-state index contributed by atoms with van der Waals surface area (Å²) in [5.74, 6) is 0. The Kier molecular flexibility index (Phi) is 6.26. The number of benzene rings is 1. The van der Waals surface area contributed by atoms with Crippen molar-refractivity contribution in [3.63, 3.8) is 0 Å². The van der Waals surface area contributed by atoms with Crippen LogP contribution >= 0.6 is 0 Å². The van der Waals surface area contributed by atoms with Crippen LogP contribution in [0.25, 0.3) is 0 Å². The highest BCUT2D eigenvalue weighted by atomic mass is 16.5. The van der Waals surface area contributed by atoms with Crippen LogP contribution in [0.15, 0.2) is 24.3 Å². The Hall–Kier alpha value is -1.41. The molecule has 0 aromatic heterocycles. The normalized spacial score (nSPS) is 12.1. The summed E-state index contributed by atoms with van der Waals surface area (Å²) in [6, 6.07) is 9.64. The largest absolute Gasteiger partial charge is 0.396 e. The number of ether oxygens (including phenoxy) is 1. The Morgan fingerprint density at radius 1 is 1.41 bits per heavy atom. The van der Waals surface area contributed by atoms with Crippen molar-refractivity contribution in [3.05, 3.63) is 35.4 Å². The van der Waals surface area contributed by atoms with E-state index in [-0.39, 0.29) is 12.6 Å². The number of nitrogens with one attached hydrogen (secondary N) is 1. The minimum atomic E-state index is -0.321. The molecule has 0 amide bonds. The monoisotopic (exact) mass is 234 g/mol. The lowest BCUT2D eigenvalue weighted by molar-refractivity contribution is 0.185. The van der Waals surface area contributed by atoms with Crippen LogP contribution in [-0.4, -0.2) is 25.4 Å². The number of nitrogens with zero attached hydrogens (tertiary/aromatic N) is 1. The van der Waals surface area contributed by atoms with Crippen LogP contribution in [0, 0.1) is 11.3 Å². The summed E-state index contributed by atoms with van der Waals surface area (Å²) in [6.07, 6.45) is 0.653. The van der Waals surface area contributed by atoms with Crippen molar-refractivity contribution in [3.8, 4) is 6.07 Å². The zero-order chi connectivity index (χ0) is 12.5. The minimum absolute atomic E-state index is 0.137. The van der Waals surface area contributed by atoms with Crippen molar-refractivity contribution in [2.24, 2.45) is 0 Å². The van der Waals surface area contributed by atoms with E-state index in [9.17, 15) is 0 Å². The second kappa shape index (κ2) is 7.80. The molecule has 17 heavy (non-hydrogen) atoms. The fourth-order valence-corrected chi connectivity index (χ4v) is 1.54. The van der Waals surface area contributed by atoms with Gasteiger partial charge in [-0.15, -0.1) is 0 Å². The van der Waals surface area contributed by atoms with Crippen LogP contribution in [0.4, 0.5) is 0 Å². The number of aliphatic hydroxyl groups excluding tert-OH is 1. The lowest BCUT2D eigenvalue weighted by Crippen LogP contribution is -2.21. The van der Waals surface area contributed by atoms with Gasteiger partial charge in [-0.25, -0.2) is 0 Å². The molecule has 2 N–H and O–H groups in total. The van der Waals surface area contributed by atoms with Crippen molar-refractivity contribution in [1.82, 2.24) is 5.32 Å². The van der Waals surface area contributed by atoms with Gasteiger partial charge < -0.3 is 9.84 Å². The molecule has 0 aliphatic carbocycles. The van der Waals surface area contributed by atoms with E-state index >= 15 is 0 Å². The van der Waals surface area contributed by atoms with Crippen molar-refractivity contribution < 1.29 is 9.84 Å². The molecule has 1 unspecified atom stereocenters. The van der Waals surface area contributed by atoms with E-state index in [2.05, 4.69) is 11.4 Å². The second-order valence-corrected chi connectivity index (χ2v) is 3.77. The second-order valence-electron chi connectivity index (χ2n) is 3.77. The van der Waals surface area contributed by atoms with Crippen molar-refractivity contribution in [2.45, 2.75) is 19.1 Å². The maximum atomic E-state index is 9.05. The molecule has 0 saturated heterocycles. The summed E-state index contributed by atoms with van der Waals surface area (Å²) < 4.78 is 5.03. The van der Waals surface area contributed by atoms with Gasteiger partial charge in [-0.05, 0) is 24.1 Å². The maximum Gasteiger partial charge on any atom is 0.121 e. The molecule has 0 saturated carbocycles. The average Bonchev–Trinajstić information content (AvgIpc) is 2.36. The number of rotatable bonds is 7. The molecule has 0 fully saturated rings. The van der Waals surface area contributed by atoms with Crippen LogP contribution in [0.2, 0.25) is 0 Å². The SMILES string of the molecule is COCc1ccc(C(C#N)NCCCO)cc1. The molecule has 1 rings (SSSR count). The first kappa shape index (κ1) is 13.7. The van der Waals surface area contributed by atoms with Crippen molar-refractivity contribution >= 4 is 0 Å². The van der Waals surface area contributed by atoms with Gasteiger partial charge in [0.15, 0.2) is 0 Å². The molecule has 0 heterocycles. The molecule has 0 radical (unpaired) electrons. The molecule has 0 aliphatic rings. The first-order chi connectivity index (χ1) is 8.31. The predicted molar refractivity (Wildman–Crippen MR) is 65.2 cm³/mol. The van der Waals surface area contributed by atoms with E-state index in [4.69, 9.17) is 15.1 Å². The third-order valence-corrected chi connectivity index (χ3v) is 2.44. The lowest BCUT2D eigenvalue weighted by atomic mass is 10.1. The van der Waals surface area contributed by atoms with Crippen LogP contribution in [0.3, 0.4) is 0 Å². The Morgan fingerprint density at radius 2 is 2.12 bits per heavy atom. The molecule has 0 spiro atoms. The zero-order valence-electron chi connectivity index (χ0n) is 10.0. The molecule has 4 heteroatoms. The van der Waals surface area contributed by atoms with Crippen molar-refractivity contribution in [2.75, 3.05) is 20.3 Å². The summed E-state index contributed by atoms with van der Waals surface area (Å²) in [5.41, 5.74) is 2.02. The number of hydrogen-bond donors (Lipinski definition) is 2. The molecule has 1 aromatic carbocycles. The molecule has 1 aromatic rings. The van der Waals surface area contributed by atoms with E-state index in [0.29, 0.717) is 19.6 Å². The van der Waals surface area contributed by atoms with Crippen LogP contribution < -0.4 is 5.32 Å². The molecule has 0 aliphatic heterocycles. The standard InChI is InChI=1S/C13H18N2O2/c1-17-10-11-3-5-12(6-4-11)13(9-14)15-7-2-8-16/h3-6,13,15-16H,2,7-8,10H2,1H3. The van der Waals surface area contributed by atoms with E-state index in [1.54, 1.807) is 7.11 Å². The highest BCUT2D eigenvalue weighted by molar-refractivity contribution is 5.27. The maximum absolute atomic E-state index is 9.05. The van der Waals surface area contributed by atoms with E-state index in [0.717, 1.165) is 11.1 Å². The number of methoxy groups -OCH3 is 1. The Morgan fingerprint density at radius 3 is 2.65 bits per heavy atom. The van der Waals surface area contributed by atoms with Gasteiger partial charge in [0.25, 0.3) is 0 Å². The van der Waals surface area contributed by atoms with Gasteiger partial charge in [0.05, 0.1) is 12.7 Å². The fraction of sp³-hybridized carbons (Fsp3) is 0.462. The number of nitriles is 1. The first-order valence-corrected chi connectivity index (χ1v) is 5.63. The van der Waals surface area contributed by atoms with Crippen LogP contribution in [0.5, 0.6) is 0 Å². The molecule has 0 bridgehead atoms. The zero-order valence-corrected chi connectivity index (χ0v) is 10.0. The average molecular weight is 234 g/mol. The summed E-state index contributed by atoms with van der Waals surface area (Å²) in [5, 5.41) is 20.8. The highest BCUT2D eigenvalue weighted by Crippen LogP contribution is 2.13. The van der Waals surface area contributed by atoms with Gasteiger partial charge in [0.2, 0.25) is 0 Å². The predicted octanol–water partition coefficient (Wildman–Crippen LogP) is 1.37. The van der Waals surface area contributed by atoms with Crippen LogP contribution in [-0.2, 0) is 11.3 Å². The van der Waals surface area contributed by atoms with E-state index < -0.39 is 0 Å². The third-order valence-electron chi connectivity index (χ3n) is 2.44. The topological polar surface area (TPSA) is 65.3 Å². The molecule has 1 atom stereocenters. The molecular weight excluding hydrogens is 216 g/mol. The highest BCUT2D eigenvalue weighted by Gasteiger charge is 2.08. The van der Waals surface area contributed by atoms with E-state index in [1.165, 1.54) is 0 Å². The quantitative estimate of drug-likeness (QED) is 0.699. The summed E-state index contributed by atoms with van der Waals surface area (Å²) in [4.78, 5) is 0. The Labute approximate surface area is 102 Å². The number of hydrogen-bond acceptors (Lipinski definition) is 4. The van der Waals surface area contributed by atoms with Gasteiger partial charge in [-0.1, -0.05) is 24.3 Å². The lowest BCUT2D eigenvalue weighted by Gasteiger charge is -2.11. The minimum Gasteiger partial charge on any atom is -0.396 e. The molecule has 92 valence electrons. The number of aliphatic hydroxyl groups is 1. The van der Waals surface area contributed by atoms with Gasteiger partial charge in [-0.3, -0.25) is 5.32 Å². The Balaban J connectivity index is 2.59. The smallest absolute Gasteiger partial charge is 0.121 e. The van der Waals surface area contributed by atoms with E-state index in [1.807, 2.05) is 24.3 Å². The first-order valence-electron chi connectivity index (χ1n) is 5.63. The van der Waals surface area contributed by atoms with Crippen molar-refractivity contribution in [1.29, 1.82) is 5.26 Å². The van der Waals surface area contributed by atoms with Gasteiger partial charge >= 0.3 is 0 Å². The van der Waals surface area contributed by atoms with Gasteiger partial charge in [0, 0.05) is 13.7 Å². The molecular formula is C13H18N2O2. The summed E-state index contributed by atoms with van der Waals surface area (Å²) in [6.45, 7) is 1.35. The van der Waals surface area contributed by atoms with Gasteiger partial charge in [0.1, 0.15) is 6.04 Å². The van der Waals surface area contributed by atoms with Gasteiger partial charge in [-0.2, -0.15) is 5.26 Å². The third kappa shape index (κ3) is 4.53. The summed E-state index contributed by atoms with van der Waals surface area (Å²) in [7, 11) is 1.66. The van der Waals surface area contributed by atoms with Crippen LogP contribution in [0.1, 0.15) is 23.6 Å². The Bertz CT molecular complexity index is 357. The summed E-state index contributed by atoms with van der Waals surface area (Å²) >= 11 is 0.